The van der Waals surface area contributed by atoms with Gasteiger partial charge in [-0.05, 0) is 43.3 Å². The highest BCUT2D eigenvalue weighted by atomic mass is 32.1. The summed E-state index contributed by atoms with van der Waals surface area (Å²) in [4.78, 5) is 15.0. The highest BCUT2D eigenvalue weighted by Gasteiger charge is 2.51. The van der Waals surface area contributed by atoms with Gasteiger partial charge in [0, 0.05) is 42.7 Å². The largest absolute Gasteiger partial charge is 0.420 e. The number of aromatic nitrogens is 2. The average Bonchev–Trinajstić information content (AvgIpc) is 3.49. The van der Waals surface area contributed by atoms with Gasteiger partial charge < -0.3 is 14.1 Å². The minimum atomic E-state index is -0.0684. The van der Waals surface area contributed by atoms with Gasteiger partial charge in [0.2, 0.25) is 11.8 Å². The molecule has 4 heterocycles. The third-order valence-electron chi connectivity index (χ3n) is 6.23. The predicted molar refractivity (Wildman–Crippen MR) is 110 cm³/mol. The van der Waals surface area contributed by atoms with Crippen LogP contribution in [0.1, 0.15) is 40.6 Å². The third kappa shape index (κ3) is 3.38. The van der Waals surface area contributed by atoms with Crippen LogP contribution in [0.15, 0.2) is 45.5 Å². The van der Waals surface area contributed by atoms with E-state index in [4.69, 9.17) is 9.15 Å². The second kappa shape index (κ2) is 7.39. The number of amides is 1. The predicted octanol–water partition coefficient (Wildman–Crippen LogP) is 4.14. The van der Waals surface area contributed by atoms with Crippen molar-refractivity contribution in [2.24, 2.45) is 5.41 Å². The molecule has 0 N–H and O–H groups in total. The highest BCUT2D eigenvalue weighted by Crippen LogP contribution is 2.49. The van der Waals surface area contributed by atoms with Gasteiger partial charge in [0.25, 0.3) is 5.91 Å². The zero-order valence-corrected chi connectivity index (χ0v) is 17.2. The lowest BCUT2D eigenvalue weighted by Gasteiger charge is -2.36. The molecule has 6 nitrogen and oxygen atoms in total. The van der Waals surface area contributed by atoms with Crippen molar-refractivity contribution in [2.75, 3.05) is 26.3 Å². The number of hydrogen-bond acceptors (Lipinski definition) is 6. The van der Waals surface area contributed by atoms with Gasteiger partial charge in [-0.2, -0.15) is 11.3 Å². The molecule has 1 atom stereocenters. The van der Waals surface area contributed by atoms with Crippen LogP contribution in [0.3, 0.4) is 0 Å². The lowest BCUT2D eigenvalue weighted by molar-refractivity contribution is 0.00908. The molecule has 2 saturated heterocycles. The molecule has 3 aromatic rings. The fourth-order valence-electron chi connectivity index (χ4n) is 4.51. The molecule has 2 aliphatic heterocycles. The lowest BCUT2D eigenvalue weighted by Crippen LogP contribution is -2.37. The number of carbonyl (C=O) groups is 1. The van der Waals surface area contributed by atoms with E-state index < -0.39 is 0 Å². The lowest BCUT2D eigenvalue weighted by atomic mass is 9.72. The molecular formula is C22H23N3O3S. The summed E-state index contributed by atoms with van der Waals surface area (Å²) in [6.07, 6.45) is 1.79. The SMILES string of the molecule is Cc1ccc(-c2nnc(C3CN(C(=O)c4ccsc4)CC34CCOCC4)o2)cc1. The van der Waals surface area contributed by atoms with E-state index in [-0.39, 0.29) is 17.2 Å². The maximum Gasteiger partial charge on any atom is 0.254 e. The second-order valence-electron chi connectivity index (χ2n) is 8.04. The van der Waals surface area contributed by atoms with Gasteiger partial charge in [-0.15, -0.1) is 10.2 Å². The van der Waals surface area contributed by atoms with Gasteiger partial charge in [-0.3, -0.25) is 4.79 Å². The first-order chi connectivity index (χ1) is 14.1. The standard InChI is InChI=1S/C22H23N3O3S/c1-15-2-4-16(5-3-15)19-23-24-20(28-19)18-12-25(21(26)17-6-11-29-13-17)14-22(18)7-9-27-10-8-22/h2-6,11,13,18H,7-10,12,14H2,1H3. The van der Waals surface area contributed by atoms with Crippen LogP contribution in [0.4, 0.5) is 0 Å². The van der Waals surface area contributed by atoms with E-state index in [0.717, 1.165) is 24.0 Å². The first-order valence-corrected chi connectivity index (χ1v) is 10.9. The van der Waals surface area contributed by atoms with Crippen LogP contribution < -0.4 is 0 Å². The summed E-state index contributed by atoms with van der Waals surface area (Å²) in [5.74, 6) is 1.27. The Labute approximate surface area is 173 Å². The van der Waals surface area contributed by atoms with Crippen LogP contribution in [0.25, 0.3) is 11.5 Å². The first kappa shape index (κ1) is 18.5. The molecule has 0 radical (unpaired) electrons. The quantitative estimate of drug-likeness (QED) is 0.650. The average molecular weight is 410 g/mol. The summed E-state index contributed by atoms with van der Waals surface area (Å²) < 4.78 is 11.8. The number of likely N-dealkylation sites (tertiary alicyclic amines) is 1. The second-order valence-corrected chi connectivity index (χ2v) is 8.82. The van der Waals surface area contributed by atoms with Crippen molar-refractivity contribution in [2.45, 2.75) is 25.7 Å². The molecule has 2 fully saturated rings. The molecule has 2 aromatic heterocycles. The minimum Gasteiger partial charge on any atom is -0.420 e. The Hall–Kier alpha value is -2.51. The smallest absolute Gasteiger partial charge is 0.254 e. The van der Waals surface area contributed by atoms with E-state index in [1.54, 1.807) is 11.3 Å². The molecule has 0 bridgehead atoms. The zero-order chi connectivity index (χ0) is 19.8. The summed E-state index contributed by atoms with van der Waals surface area (Å²) >= 11 is 1.54. The Morgan fingerprint density at radius 1 is 1.17 bits per heavy atom. The molecule has 29 heavy (non-hydrogen) atoms. The Bertz CT molecular complexity index is 991. The van der Waals surface area contributed by atoms with Gasteiger partial charge in [-0.25, -0.2) is 0 Å². The molecule has 1 amide bonds. The molecular weight excluding hydrogens is 386 g/mol. The van der Waals surface area contributed by atoms with Crippen LogP contribution in [0, 0.1) is 12.3 Å². The van der Waals surface area contributed by atoms with Crippen LogP contribution in [0.5, 0.6) is 0 Å². The molecule has 0 aliphatic carbocycles. The molecule has 7 heteroatoms. The summed E-state index contributed by atoms with van der Waals surface area (Å²) in [6, 6.07) is 9.96. The summed E-state index contributed by atoms with van der Waals surface area (Å²) in [6.45, 7) is 4.77. The number of aryl methyl sites for hydroxylation is 1. The van der Waals surface area contributed by atoms with Crippen molar-refractivity contribution in [3.63, 3.8) is 0 Å². The number of thiophene rings is 1. The fraction of sp³-hybridized carbons (Fsp3) is 0.409. The van der Waals surface area contributed by atoms with Crippen LogP contribution >= 0.6 is 11.3 Å². The molecule has 5 rings (SSSR count). The van der Waals surface area contributed by atoms with Crippen LogP contribution in [-0.4, -0.2) is 47.3 Å². The van der Waals surface area contributed by atoms with E-state index >= 15 is 0 Å². The Balaban J connectivity index is 1.45. The molecule has 1 aromatic carbocycles. The Morgan fingerprint density at radius 3 is 2.69 bits per heavy atom. The monoisotopic (exact) mass is 409 g/mol. The normalized spacial score (nSPS) is 21.0. The first-order valence-electron chi connectivity index (χ1n) is 9.94. The summed E-state index contributed by atoms with van der Waals surface area (Å²) in [5.41, 5.74) is 2.79. The maximum absolute atomic E-state index is 13.0. The van der Waals surface area contributed by atoms with E-state index in [0.29, 0.717) is 38.1 Å². The highest BCUT2D eigenvalue weighted by molar-refractivity contribution is 7.08. The van der Waals surface area contributed by atoms with Crippen molar-refractivity contribution < 1.29 is 13.9 Å². The molecule has 1 spiro atoms. The van der Waals surface area contributed by atoms with Crippen molar-refractivity contribution in [3.8, 4) is 11.5 Å². The topological polar surface area (TPSA) is 68.5 Å². The van der Waals surface area contributed by atoms with Gasteiger partial charge in [0.1, 0.15) is 0 Å². The van der Waals surface area contributed by atoms with E-state index in [1.165, 1.54) is 5.56 Å². The van der Waals surface area contributed by atoms with Gasteiger partial charge in [-0.1, -0.05) is 17.7 Å². The zero-order valence-electron chi connectivity index (χ0n) is 16.3. The maximum atomic E-state index is 13.0. The Kier molecular flexibility index (Phi) is 4.72. The van der Waals surface area contributed by atoms with Crippen molar-refractivity contribution in [1.29, 1.82) is 0 Å². The van der Waals surface area contributed by atoms with Crippen molar-refractivity contribution >= 4 is 17.2 Å². The number of nitrogens with zero attached hydrogens (tertiary/aromatic N) is 3. The minimum absolute atomic E-state index is 0.0284. The van der Waals surface area contributed by atoms with E-state index in [9.17, 15) is 4.79 Å². The molecule has 1 unspecified atom stereocenters. The summed E-state index contributed by atoms with van der Waals surface area (Å²) in [7, 11) is 0. The molecule has 0 saturated carbocycles. The number of benzene rings is 1. The molecule has 2 aliphatic rings. The van der Waals surface area contributed by atoms with Crippen LogP contribution in [-0.2, 0) is 4.74 Å². The number of rotatable bonds is 3. The van der Waals surface area contributed by atoms with Gasteiger partial charge >= 0.3 is 0 Å². The third-order valence-corrected chi connectivity index (χ3v) is 6.91. The fourth-order valence-corrected chi connectivity index (χ4v) is 5.13. The van der Waals surface area contributed by atoms with Crippen molar-refractivity contribution in [1.82, 2.24) is 15.1 Å². The number of carbonyl (C=O) groups excluding carboxylic acids is 1. The Morgan fingerprint density at radius 2 is 1.97 bits per heavy atom. The van der Waals surface area contributed by atoms with E-state index in [2.05, 4.69) is 17.1 Å². The molecule has 150 valence electrons. The number of ether oxygens (including phenoxy) is 1. The van der Waals surface area contributed by atoms with Crippen molar-refractivity contribution in [3.05, 3.63) is 58.1 Å². The van der Waals surface area contributed by atoms with Crippen LogP contribution in [0.2, 0.25) is 0 Å². The van der Waals surface area contributed by atoms with E-state index in [1.807, 2.05) is 46.0 Å². The number of hydrogen-bond donors (Lipinski definition) is 0. The van der Waals surface area contributed by atoms with Gasteiger partial charge in [0.15, 0.2) is 0 Å². The summed E-state index contributed by atoms with van der Waals surface area (Å²) in [5, 5.41) is 12.6. The van der Waals surface area contributed by atoms with Gasteiger partial charge in [0.05, 0.1) is 11.5 Å².